The third kappa shape index (κ3) is 1.72. The summed E-state index contributed by atoms with van der Waals surface area (Å²) < 4.78 is 2.93. The Kier molecular flexibility index (Phi) is 2.30. The topological polar surface area (TPSA) is 30.7 Å². The highest BCUT2D eigenvalue weighted by Crippen LogP contribution is 2.12. The van der Waals surface area contributed by atoms with Crippen molar-refractivity contribution in [1.82, 2.24) is 14.8 Å². The van der Waals surface area contributed by atoms with Crippen LogP contribution < -0.4 is 0 Å². The molecule has 0 spiro atoms. The molecule has 0 aliphatic carbocycles. The first-order valence-electron chi connectivity index (χ1n) is 3.89. The second-order valence-corrected chi connectivity index (χ2v) is 3.90. The fourth-order valence-electron chi connectivity index (χ4n) is 1.05. The van der Waals surface area contributed by atoms with Gasteiger partial charge in [-0.25, -0.2) is 9.67 Å². The van der Waals surface area contributed by atoms with Gasteiger partial charge in [0.1, 0.15) is 0 Å². The molecular formula is C9H8IN3. The molecule has 0 atom stereocenters. The molecule has 2 rings (SSSR count). The van der Waals surface area contributed by atoms with E-state index in [0.717, 1.165) is 5.82 Å². The molecule has 0 aliphatic rings. The van der Waals surface area contributed by atoms with Crippen molar-refractivity contribution in [2.24, 2.45) is 0 Å². The van der Waals surface area contributed by atoms with E-state index in [1.165, 1.54) is 9.13 Å². The predicted molar refractivity (Wildman–Crippen MR) is 58.8 cm³/mol. The highest BCUT2D eigenvalue weighted by atomic mass is 127. The zero-order valence-electron chi connectivity index (χ0n) is 7.11. The quantitative estimate of drug-likeness (QED) is 0.752. The van der Waals surface area contributed by atoms with Gasteiger partial charge in [-0.3, -0.25) is 0 Å². The summed E-state index contributed by atoms with van der Waals surface area (Å²) in [4.78, 5) is 4.27. The van der Waals surface area contributed by atoms with Crippen molar-refractivity contribution < 1.29 is 0 Å². The van der Waals surface area contributed by atoms with Gasteiger partial charge < -0.3 is 0 Å². The first kappa shape index (κ1) is 8.68. The second kappa shape index (κ2) is 3.45. The van der Waals surface area contributed by atoms with E-state index in [1.54, 1.807) is 10.9 Å². The monoisotopic (exact) mass is 285 g/mol. The Morgan fingerprint density at radius 1 is 1.46 bits per heavy atom. The first-order valence-corrected chi connectivity index (χ1v) is 4.97. The molecule has 0 unspecified atom stereocenters. The van der Waals surface area contributed by atoms with Crippen molar-refractivity contribution in [1.29, 1.82) is 0 Å². The third-order valence-corrected chi connectivity index (χ3v) is 2.90. The van der Waals surface area contributed by atoms with Crippen molar-refractivity contribution >= 4 is 22.6 Å². The van der Waals surface area contributed by atoms with Crippen LogP contribution >= 0.6 is 22.6 Å². The molecule has 0 radical (unpaired) electrons. The van der Waals surface area contributed by atoms with Crippen molar-refractivity contribution in [3.05, 3.63) is 39.9 Å². The normalized spacial score (nSPS) is 10.3. The summed E-state index contributed by atoms with van der Waals surface area (Å²) in [6, 6.07) is 3.91. The van der Waals surface area contributed by atoms with Gasteiger partial charge in [-0.2, -0.15) is 5.10 Å². The molecule has 66 valence electrons. The number of aryl methyl sites for hydroxylation is 1. The van der Waals surface area contributed by atoms with Crippen LogP contribution in [0, 0.1) is 10.5 Å². The minimum Gasteiger partial charge on any atom is -0.236 e. The Hall–Kier alpha value is -0.910. The molecule has 2 heterocycles. The maximum atomic E-state index is 4.27. The van der Waals surface area contributed by atoms with Gasteiger partial charge in [0.25, 0.3) is 0 Å². The highest BCUT2D eigenvalue weighted by Gasteiger charge is 1.99. The molecule has 4 heteroatoms. The summed E-state index contributed by atoms with van der Waals surface area (Å²) in [5.74, 6) is 0.864. The lowest BCUT2D eigenvalue weighted by molar-refractivity contribution is 0.844. The molecule has 3 nitrogen and oxygen atoms in total. The first-order chi connectivity index (χ1) is 6.27. The van der Waals surface area contributed by atoms with Crippen LogP contribution in [0.25, 0.3) is 5.82 Å². The van der Waals surface area contributed by atoms with Crippen molar-refractivity contribution in [2.45, 2.75) is 6.92 Å². The van der Waals surface area contributed by atoms with Crippen LogP contribution in [0.2, 0.25) is 0 Å². The average Bonchev–Trinajstić information content (AvgIpc) is 2.62. The molecule has 0 aliphatic heterocycles. The SMILES string of the molecule is Cc1cc(-n2cccn2)ncc1I. The number of halogens is 1. The van der Waals surface area contributed by atoms with E-state index < -0.39 is 0 Å². The predicted octanol–water partition coefficient (Wildman–Crippen LogP) is 2.18. The summed E-state index contributed by atoms with van der Waals surface area (Å²) in [6.45, 7) is 2.07. The van der Waals surface area contributed by atoms with Gasteiger partial charge in [0.05, 0.1) is 0 Å². The lowest BCUT2D eigenvalue weighted by atomic mass is 10.3. The molecule has 0 saturated heterocycles. The van der Waals surface area contributed by atoms with Gasteiger partial charge in [-0.05, 0) is 47.2 Å². The smallest absolute Gasteiger partial charge is 0.153 e. The maximum absolute atomic E-state index is 4.27. The molecule has 0 aromatic carbocycles. The lowest BCUT2D eigenvalue weighted by Crippen LogP contribution is -1.98. The number of nitrogens with zero attached hydrogens (tertiary/aromatic N) is 3. The minimum absolute atomic E-state index is 0.864. The largest absolute Gasteiger partial charge is 0.236 e. The van der Waals surface area contributed by atoms with Gasteiger partial charge in [0.2, 0.25) is 0 Å². The molecule has 13 heavy (non-hydrogen) atoms. The molecular weight excluding hydrogens is 277 g/mol. The number of aromatic nitrogens is 3. The van der Waals surface area contributed by atoms with Crippen LogP contribution in [-0.4, -0.2) is 14.8 Å². The lowest BCUT2D eigenvalue weighted by Gasteiger charge is -2.02. The number of rotatable bonds is 1. The van der Waals surface area contributed by atoms with Crippen LogP contribution in [0.1, 0.15) is 5.56 Å². The number of hydrogen-bond acceptors (Lipinski definition) is 2. The van der Waals surface area contributed by atoms with Crippen LogP contribution in [0.5, 0.6) is 0 Å². The summed E-state index contributed by atoms with van der Waals surface area (Å²) in [7, 11) is 0. The maximum Gasteiger partial charge on any atom is 0.153 e. The Bertz CT molecular complexity index is 409. The van der Waals surface area contributed by atoms with Crippen LogP contribution in [0.3, 0.4) is 0 Å². The van der Waals surface area contributed by atoms with E-state index in [1.807, 2.05) is 24.5 Å². The van der Waals surface area contributed by atoms with E-state index in [-0.39, 0.29) is 0 Å². The van der Waals surface area contributed by atoms with Crippen LogP contribution in [0.15, 0.2) is 30.7 Å². The number of pyridine rings is 1. The molecule has 2 aromatic rings. The Morgan fingerprint density at radius 2 is 2.31 bits per heavy atom. The fourth-order valence-corrected chi connectivity index (χ4v) is 1.35. The van der Waals surface area contributed by atoms with Crippen molar-refractivity contribution in [3.8, 4) is 5.82 Å². The Morgan fingerprint density at radius 3 is 2.92 bits per heavy atom. The minimum atomic E-state index is 0.864. The summed E-state index contributed by atoms with van der Waals surface area (Å²) >= 11 is 2.27. The van der Waals surface area contributed by atoms with Crippen LogP contribution in [0.4, 0.5) is 0 Å². The molecule has 0 N–H and O–H groups in total. The van der Waals surface area contributed by atoms with E-state index >= 15 is 0 Å². The average molecular weight is 285 g/mol. The van der Waals surface area contributed by atoms with Crippen molar-refractivity contribution in [3.63, 3.8) is 0 Å². The van der Waals surface area contributed by atoms with Gasteiger partial charge in [0, 0.05) is 22.2 Å². The molecule has 2 aromatic heterocycles. The summed E-state index contributed by atoms with van der Waals surface area (Å²) in [5, 5.41) is 4.11. The van der Waals surface area contributed by atoms with E-state index in [4.69, 9.17) is 0 Å². The molecule has 0 fully saturated rings. The number of hydrogen-bond donors (Lipinski definition) is 0. The Labute approximate surface area is 89.9 Å². The van der Waals surface area contributed by atoms with Crippen LogP contribution in [-0.2, 0) is 0 Å². The van der Waals surface area contributed by atoms with Gasteiger partial charge >= 0.3 is 0 Å². The van der Waals surface area contributed by atoms with Crippen molar-refractivity contribution in [2.75, 3.05) is 0 Å². The molecule has 0 saturated carbocycles. The fraction of sp³-hybridized carbons (Fsp3) is 0.111. The molecule has 0 amide bonds. The summed E-state index contributed by atoms with van der Waals surface area (Å²) in [6.07, 6.45) is 5.48. The highest BCUT2D eigenvalue weighted by molar-refractivity contribution is 14.1. The standard InChI is InChI=1S/C9H8IN3/c1-7-5-9(11-6-8(7)10)13-4-2-3-12-13/h2-6H,1H3. The van der Waals surface area contributed by atoms with E-state index in [0.29, 0.717) is 0 Å². The van der Waals surface area contributed by atoms with Gasteiger partial charge in [0.15, 0.2) is 5.82 Å². The third-order valence-electron chi connectivity index (χ3n) is 1.77. The van der Waals surface area contributed by atoms with E-state index in [2.05, 4.69) is 39.6 Å². The van der Waals surface area contributed by atoms with Gasteiger partial charge in [-0.15, -0.1) is 0 Å². The summed E-state index contributed by atoms with van der Waals surface area (Å²) in [5.41, 5.74) is 1.22. The van der Waals surface area contributed by atoms with Gasteiger partial charge in [-0.1, -0.05) is 0 Å². The zero-order valence-corrected chi connectivity index (χ0v) is 9.26. The zero-order chi connectivity index (χ0) is 9.26. The molecule has 0 bridgehead atoms. The second-order valence-electron chi connectivity index (χ2n) is 2.74. The Balaban J connectivity index is 2.49. The van der Waals surface area contributed by atoms with E-state index in [9.17, 15) is 0 Å².